The summed E-state index contributed by atoms with van der Waals surface area (Å²) >= 11 is 11.8. The molecular weight excluding hydrogens is 314 g/mol. The van der Waals surface area contributed by atoms with Crippen LogP contribution >= 0.6 is 23.2 Å². The van der Waals surface area contributed by atoms with Gasteiger partial charge in [-0.05, 0) is 47.2 Å². The van der Waals surface area contributed by atoms with Crippen LogP contribution in [-0.4, -0.2) is 20.2 Å². The van der Waals surface area contributed by atoms with Crippen LogP contribution in [0, 0.1) is 5.82 Å². The molecule has 1 heterocycles. The maximum Gasteiger partial charge on any atom is 0.204 e. The van der Waals surface area contributed by atoms with Gasteiger partial charge in [0, 0.05) is 15.6 Å². The summed E-state index contributed by atoms with van der Waals surface area (Å²) in [6.45, 7) is 0.319. The van der Waals surface area contributed by atoms with Crippen LogP contribution < -0.4 is 0 Å². The molecule has 2 aromatic carbocycles. The van der Waals surface area contributed by atoms with Gasteiger partial charge < -0.3 is 0 Å². The molecule has 1 aromatic heterocycles. The molecule has 0 fully saturated rings. The fraction of sp³-hybridized carbons (Fsp3) is 0.0714. The summed E-state index contributed by atoms with van der Waals surface area (Å²) in [6.07, 6.45) is 0. The quantitative estimate of drug-likeness (QED) is 0.736. The van der Waals surface area contributed by atoms with E-state index in [1.165, 1.54) is 16.9 Å². The molecule has 0 aliphatic carbocycles. The molecule has 3 aromatic rings. The average Bonchev–Trinajstić information content (AvgIpc) is 2.91. The van der Waals surface area contributed by atoms with Crippen LogP contribution in [0.1, 0.15) is 5.56 Å². The maximum atomic E-state index is 13.0. The molecule has 0 radical (unpaired) electrons. The van der Waals surface area contributed by atoms with E-state index in [1.807, 2.05) is 12.1 Å². The van der Waals surface area contributed by atoms with Crippen LogP contribution in [0.5, 0.6) is 0 Å². The first-order chi connectivity index (χ1) is 10.1. The van der Waals surface area contributed by atoms with Crippen LogP contribution in [-0.2, 0) is 6.54 Å². The fourth-order valence-electron chi connectivity index (χ4n) is 1.83. The van der Waals surface area contributed by atoms with E-state index in [-0.39, 0.29) is 5.82 Å². The third kappa shape index (κ3) is 3.20. The van der Waals surface area contributed by atoms with Gasteiger partial charge in [-0.1, -0.05) is 29.3 Å². The molecule has 0 aliphatic heterocycles. The number of hydrogen-bond acceptors (Lipinski definition) is 3. The highest BCUT2D eigenvalue weighted by Gasteiger charge is 2.08. The smallest absolute Gasteiger partial charge is 0.204 e. The molecular formula is C14H9Cl2FN4. The van der Waals surface area contributed by atoms with Crippen LogP contribution in [0.2, 0.25) is 10.0 Å². The van der Waals surface area contributed by atoms with Crippen molar-refractivity contribution in [3.63, 3.8) is 0 Å². The summed E-state index contributed by atoms with van der Waals surface area (Å²) in [6, 6.07) is 11.3. The van der Waals surface area contributed by atoms with Gasteiger partial charge in [-0.25, -0.2) is 4.39 Å². The second-order valence-electron chi connectivity index (χ2n) is 4.39. The number of nitrogens with zero attached hydrogens (tertiary/aromatic N) is 4. The Labute approximate surface area is 130 Å². The Morgan fingerprint density at radius 3 is 2.52 bits per heavy atom. The Kier molecular flexibility index (Phi) is 3.86. The zero-order valence-corrected chi connectivity index (χ0v) is 12.2. The summed E-state index contributed by atoms with van der Waals surface area (Å²) in [5.41, 5.74) is 1.54. The van der Waals surface area contributed by atoms with Gasteiger partial charge in [-0.3, -0.25) is 0 Å². The SMILES string of the molecule is Fc1ccc(Cn2nnc(-c3ccc(Cl)cc3)n2)c(Cl)c1. The first kappa shape index (κ1) is 14.0. The summed E-state index contributed by atoms with van der Waals surface area (Å²) in [4.78, 5) is 1.41. The monoisotopic (exact) mass is 322 g/mol. The molecule has 0 bridgehead atoms. The Morgan fingerprint density at radius 1 is 1.05 bits per heavy atom. The van der Waals surface area contributed by atoms with Crippen molar-refractivity contribution in [1.82, 2.24) is 20.2 Å². The van der Waals surface area contributed by atoms with Crippen molar-refractivity contribution in [3.8, 4) is 11.4 Å². The standard InChI is InChI=1S/C14H9Cl2FN4/c15-11-4-1-9(2-5-11)14-18-20-21(19-14)8-10-3-6-12(17)7-13(10)16/h1-7H,8H2. The summed E-state index contributed by atoms with van der Waals surface area (Å²) in [5.74, 6) is 0.113. The van der Waals surface area contributed by atoms with Gasteiger partial charge in [0.15, 0.2) is 0 Å². The van der Waals surface area contributed by atoms with E-state index in [2.05, 4.69) is 15.4 Å². The molecule has 0 atom stereocenters. The first-order valence-electron chi connectivity index (χ1n) is 6.09. The lowest BCUT2D eigenvalue weighted by Gasteiger charge is -2.02. The number of hydrogen-bond donors (Lipinski definition) is 0. The molecule has 7 heteroatoms. The molecule has 106 valence electrons. The molecule has 0 saturated carbocycles. The van der Waals surface area contributed by atoms with Gasteiger partial charge in [0.1, 0.15) is 5.82 Å². The van der Waals surface area contributed by atoms with E-state index in [9.17, 15) is 4.39 Å². The Balaban J connectivity index is 1.83. The van der Waals surface area contributed by atoms with Gasteiger partial charge in [-0.2, -0.15) is 4.80 Å². The lowest BCUT2D eigenvalue weighted by atomic mass is 10.2. The van der Waals surface area contributed by atoms with Crippen LogP contribution in [0.15, 0.2) is 42.5 Å². The minimum Gasteiger partial charge on any atom is -0.207 e. The number of tetrazole rings is 1. The predicted octanol–water partition coefficient (Wildman–Crippen LogP) is 3.83. The zero-order chi connectivity index (χ0) is 14.8. The lowest BCUT2D eigenvalue weighted by molar-refractivity contribution is 0.570. The van der Waals surface area contributed by atoms with E-state index in [0.717, 1.165) is 11.1 Å². The Morgan fingerprint density at radius 2 is 1.81 bits per heavy atom. The molecule has 0 amide bonds. The Hall–Kier alpha value is -1.98. The number of rotatable bonds is 3. The topological polar surface area (TPSA) is 43.6 Å². The highest BCUT2D eigenvalue weighted by molar-refractivity contribution is 6.31. The van der Waals surface area contributed by atoms with E-state index in [4.69, 9.17) is 23.2 Å². The van der Waals surface area contributed by atoms with E-state index in [1.54, 1.807) is 18.2 Å². The van der Waals surface area contributed by atoms with Crippen LogP contribution in [0.25, 0.3) is 11.4 Å². The van der Waals surface area contributed by atoms with Crippen LogP contribution in [0.3, 0.4) is 0 Å². The van der Waals surface area contributed by atoms with Crippen molar-refractivity contribution in [2.75, 3.05) is 0 Å². The van der Waals surface area contributed by atoms with Gasteiger partial charge in [-0.15, -0.1) is 10.2 Å². The molecule has 3 rings (SSSR count). The van der Waals surface area contributed by atoms with Gasteiger partial charge in [0.2, 0.25) is 5.82 Å². The molecule has 0 spiro atoms. The van der Waals surface area contributed by atoms with Crippen molar-refractivity contribution < 1.29 is 4.39 Å². The maximum absolute atomic E-state index is 13.0. The van der Waals surface area contributed by atoms with E-state index >= 15 is 0 Å². The molecule has 0 unspecified atom stereocenters. The summed E-state index contributed by atoms with van der Waals surface area (Å²) < 4.78 is 13.0. The molecule has 0 aliphatic rings. The third-order valence-corrected chi connectivity index (χ3v) is 3.49. The fourth-order valence-corrected chi connectivity index (χ4v) is 2.18. The van der Waals surface area contributed by atoms with E-state index in [0.29, 0.717) is 22.4 Å². The predicted molar refractivity (Wildman–Crippen MR) is 78.8 cm³/mol. The number of aromatic nitrogens is 4. The normalized spacial score (nSPS) is 10.8. The van der Waals surface area contributed by atoms with Crippen molar-refractivity contribution in [3.05, 3.63) is 63.9 Å². The van der Waals surface area contributed by atoms with Crippen molar-refractivity contribution >= 4 is 23.2 Å². The number of benzene rings is 2. The second-order valence-corrected chi connectivity index (χ2v) is 5.23. The molecule has 21 heavy (non-hydrogen) atoms. The van der Waals surface area contributed by atoms with Gasteiger partial charge in [0.05, 0.1) is 6.54 Å². The number of halogens is 3. The molecule has 4 nitrogen and oxygen atoms in total. The van der Waals surface area contributed by atoms with Crippen LogP contribution in [0.4, 0.5) is 4.39 Å². The molecule has 0 saturated heterocycles. The highest BCUT2D eigenvalue weighted by Crippen LogP contribution is 2.19. The van der Waals surface area contributed by atoms with Crippen molar-refractivity contribution in [1.29, 1.82) is 0 Å². The van der Waals surface area contributed by atoms with Crippen molar-refractivity contribution in [2.24, 2.45) is 0 Å². The summed E-state index contributed by atoms with van der Waals surface area (Å²) in [7, 11) is 0. The molecule has 0 N–H and O–H groups in total. The Bertz CT molecular complexity index is 771. The second kappa shape index (κ2) is 5.79. The minimum atomic E-state index is -0.378. The van der Waals surface area contributed by atoms with Crippen molar-refractivity contribution in [2.45, 2.75) is 6.54 Å². The minimum absolute atomic E-state index is 0.319. The third-order valence-electron chi connectivity index (χ3n) is 2.88. The summed E-state index contributed by atoms with van der Waals surface area (Å²) in [5, 5.41) is 13.2. The lowest BCUT2D eigenvalue weighted by Crippen LogP contribution is -2.04. The first-order valence-corrected chi connectivity index (χ1v) is 6.85. The highest BCUT2D eigenvalue weighted by atomic mass is 35.5. The average molecular weight is 323 g/mol. The van der Waals surface area contributed by atoms with Gasteiger partial charge in [0.25, 0.3) is 0 Å². The van der Waals surface area contributed by atoms with E-state index < -0.39 is 0 Å². The zero-order valence-electron chi connectivity index (χ0n) is 10.7. The largest absolute Gasteiger partial charge is 0.207 e. The van der Waals surface area contributed by atoms with Gasteiger partial charge >= 0.3 is 0 Å².